The van der Waals surface area contributed by atoms with E-state index in [1.54, 1.807) is 0 Å². The standard InChI is InChI=1S/C28H26Cl6N8O8S4/c1-48-24-22(41-53(44,45)16-7-3-5-13(29)18(16)31)37-20(33)26(39-24)51-10-12(35)9-50-28(43)15(36)11-52-27-21(34)38-23(25(40-27)49-2)42-54(46,47)17-8-4-6-14(30)19(17)32/h3-8,12,15H,9-11,35-36H2,1-2H3,(H,37,41)(H,38,42)/t12-,15-/m0/s1. The Kier molecular flexibility index (Phi) is 15.7. The molecule has 0 spiro atoms. The molecule has 0 aliphatic heterocycles. The summed E-state index contributed by atoms with van der Waals surface area (Å²) in [4.78, 5) is 28.5. The third kappa shape index (κ3) is 11.1. The van der Waals surface area contributed by atoms with E-state index in [1.165, 1.54) is 50.6 Å². The molecule has 16 nitrogen and oxygen atoms in total. The summed E-state index contributed by atoms with van der Waals surface area (Å²) in [6.07, 6.45) is 0. The van der Waals surface area contributed by atoms with E-state index in [0.29, 0.717) is 0 Å². The molecule has 0 amide bonds. The van der Waals surface area contributed by atoms with Gasteiger partial charge in [-0.3, -0.25) is 14.2 Å². The third-order valence-corrected chi connectivity index (χ3v) is 14.0. The van der Waals surface area contributed by atoms with Crippen LogP contribution < -0.4 is 30.4 Å². The summed E-state index contributed by atoms with van der Waals surface area (Å²) in [5.41, 5.74) is 12.1. The number of carbonyl (C=O) groups excluding carboxylic acids is 1. The first-order chi connectivity index (χ1) is 25.4. The number of benzene rings is 2. The van der Waals surface area contributed by atoms with E-state index in [4.69, 9.17) is 95.3 Å². The van der Waals surface area contributed by atoms with Crippen molar-refractivity contribution in [3.63, 3.8) is 0 Å². The third-order valence-electron chi connectivity index (χ3n) is 6.42. The molecule has 292 valence electrons. The summed E-state index contributed by atoms with van der Waals surface area (Å²) in [7, 11) is -6.06. The summed E-state index contributed by atoms with van der Waals surface area (Å²) < 4.78 is 71.9. The molecule has 0 bridgehead atoms. The van der Waals surface area contributed by atoms with Crippen molar-refractivity contribution in [2.24, 2.45) is 11.5 Å². The zero-order valence-electron chi connectivity index (χ0n) is 27.4. The van der Waals surface area contributed by atoms with Gasteiger partial charge in [0.15, 0.2) is 10.3 Å². The number of thioether (sulfide) groups is 2. The fourth-order valence-electron chi connectivity index (χ4n) is 3.89. The van der Waals surface area contributed by atoms with Crippen molar-refractivity contribution in [3.8, 4) is 11.8 Å². The normalized spacial score (nSPS) is 12.9. The van der Waals surface area contributed by atoms with Crippen LogP contribution in [0.25, 0.3) is 0 Å². The molecule has 6 N–H and O–H groups in total. The number of halogens is 6. The molecule has 0 aliphatic carbocycles. The first-order valence-electron chi connectivity index (χ1n) is 14.5. The number of nitrogens with zero attached hydrogens (tertiary/aromatic N) is 4. The lowest BCUT2D eigenvalue weighted by Crippen LogP contribution is -2.38. The summed E-state index contributed by atoms with van der Waals surface area (Å²) >= 11 is 38.6. The van der Waals surface area contributed by atoms with Gasteiger partial charge in [0.2, 0.25) is 11.6 Å². The van der Waals surface area contributed by atoms with Gasteiger partial charge >= 0.3 is 5.97 Å². The Bertz CT molecular complexity index is 2260. The van der Waals surface area contributed by atoms with Crippen molar-refractivity contribution < 1.29 is 35.8 Å². The molecule has 2 heterocycles. The number of sulfonamides is 2. The number of nitrogens with one attached hydrogen (secondary N) is 2. The summed E-state index contributed by atoms with van der Waals surface area (Å²) in [6.45, 7) is -0.246. The fourth-order valence-corrected chi connectivity index (χ4v) is 9.56. The molecule has 2 aromatic heterocycles. The second-order valence-corrected chi connectivity index (χ2v) is 17.9. The maximum atomic E-state index is 13.0. The highest BCUT2D eigenvalue weighted by Gasteiger charge is 2.27. The Morgan fingerprint density at radius 2 is 1.15 bits per heavy atom. The minimum Gasteiger partial charge on any atom is -0.478 e. The van der Waals surface area contributed by atoms with Crippen LogP contribution in [-0.4, -0.2) is 87.2 Å². The molecular weight excluding hydrogens is 917 g/mol. The predicted molar refractivity (Wildman–Crippen MR) is 210 cm³/mol. The Hall–Kier alpha value is -2.47. The van der Waals surface area contributed by atoms with Crippen molar-refractivity contribution in [2.45, 2.75) is 31.9 Å². The number of anilines is 2. The summed E-state index contributed by atoms with van der Waals surface area (Å²) in [5, 5.41) is -0.506. The molecule has 2 atom stereocenters. The van der Waals surface area contributed by atoms with Gasteiger partial charge in [0.05, 0.1) is 34.3 Å². The molecule has 0 fully saturated rings. The predicted octanol–water partition coefficient (Wildman–Crippen LogP) is 5.89. The van der Waals surface area contributed by atoms with Crippen LogP contribution in [0.2, 0.25) is 30.4 Å². The molecule has 0 unspecified atom stereocenters. The highest BCUT2D eigenvalue weighted by molar-refractivity contribution is 7.99. The van der Waals surface area contributed by atoms with E-state index in [9.17, 15) is 21.6 Å². The number of hydrogen-bond acceptors (Lipinski definition) is 16. The number of nitrogens with two attached hydrogens (primary N) is 2. The van der Waals surface area contributed by atoms with Crippen molar-refractivity contribution in [3.05, 3.63) is 66.8 Å². The van der Waals surface area contributed by atoms with Crippen LogP contribution in [0.5, 0.6) is 11.8 Å². The lowest BCUT2D eigenvalue weighted by Gasteiger charge is -2.16. The second kappa shape index (κ2) is 19.1. The van der Waals surface area contributed by atoms with Crippen molar-refractivity contribution in [2.75, 3.05) is 41.8 Å². The van der Waals surface area contributed by atoms with Crippen molar-refractivity contribution in [1.29, 1.82) is 0 Å². The number of carbonyl (C=O) groups is 1. The quantitative estimate of drug-likeness (QED) is 0.0713. The van der Waals surface area contributed by atoms with Crippen LogP contribution in [0.15, 0.2) is 56.2 Å². The van der Waals surface area contributed by atoms with Crippen molar-refractivity contribution >= 4 is 131 Å². The first-order valence-corrected chi connectivity index (χ1v) is 21.7. The Balaban J connectivity index is 1.31. The lowest BCUT2D eigenvalue weighted by molar-refractivity contribution is -0.144. The molecule has 2 aromatic carbocycles. The van der Waals surface area contributed by atoms with Crippen LogP contribution in [0.4, 0.5) is 11.6 Å². The Morgan fingerprint density at radius 3 is 1.57 bits per heavy atom. The van der Waals surface area contributed by atoms with Crippen LogP contribution in [0, 0.1) is 0 Å². The van der Waals surface area contributed by atoms with E-state index in [1.807, 2.05) is 0 Å². The minimum absolute atomic E-state index is 0.0228. The van der Waals surface area contributed by atoms with Crippen LogP contribution in [-0.2, 0) is 29.6 Å². The molecule has 26 heteroatoms. The average Bonchev–Trinajstić information content (AvgIpc) is 3.11. The SMILES string of the molecule is COc1nc(SC[C@@H](N)COC(=O)[C@@H](N)CSc2nc(OC)c(NS(=O)(=O)c3cccc(Cl)c3Cl)nc2Cl)c(Cl)nc1NS(=O)(=O)c1cccc(Cl)c1Cl. The van der Waals surface area contributed by atoms with E-state index < -0.39 is 38.1 Å². The van der Waals surface area contributed by atoms with Gasteiger partial charge in [-0.05, 0) is 24.3 Å². The van der Waals surface area contributed by atoms with E-state index >= 15 is 0 Å². The zero-order chi connectivity index (χ0) is 40.0. The molecule has 4 aromatic rings. The molecule has 54 heavy (non-hydrogen) atoms. The number of ether oxygens (including phenoxy) is 3. The fraction of sp³-hybridized carbons (Fsp3) is 0.250. The average molecular weight is 944 g/mol. The molecule has 0 saturated heterocycles. The van der Waals surface area contributed by atoms with Gasteiger partial charge < -0.3 is 25.7 Å². The van der Waals surface area contributed by atoms with Gasteiger partial charge in [-0.1, -0.05) is 81.7 Å². The van der Waals surface area contributed by atoms with Crippen LogP contribution >= 0.6 is 93.1 Å². The zero-order valence-corrected chi connectivity index (χ0v) is 35.2. The van der Waals surface area contributed by atoms with Gasteiger partial charge in [0, 0.05) is 17.5 Å². The topological polar surface area (TPSA) is 241 Å². The second-order valence-electron chi connectivity index (χ2n) is 10.3. The Morgan fingerprint density at radius 1 is 0.722 bits per heavy atom. The lowest BCUT2D eigenvalue weighted by atomic mass is 10.3. The first kappa shape index (κ1) is 44.2. The minimum atomic E-state index is -4.28. The highest BCUT2D eigenvalue weighted by atomic mass is 35.5. The van der Waals surface area contributed by atoms with E-state index in [2.05, 4.69) is 29.4 Å². The maximum absolute atomic E-state index is 13.0. The largest absolute Gasteiger partial charge is 0.478 e. The summed E-state index contributed by atoms with van der Waals surface area (Å²) in [6, 6.07) is 6.27. The molecule has 4 rings (SSSR count). The monoisotopic (exact) mass is 940 g/mol. The van der Waals surface area contributed by atoms with Crippen molar-refractivity contribution in [1.82, 2.24) is 19.9 Å². The van der Waals surface area contributed by atoms with Gasteiger partial charge in [-0.2, -0.15) is 0 Å². The van der Waals surface area contributed by atoms with Crippen LogP contribution in [0.3, 0.4) is 0 Å². The number of rotatable bonds is 17. The van der Waals surface area contributed by atoms with E-state index in [0.717, 1.165) is 23.5 Å². The smallest absolute Gasteiger partial charge is 0.323 e. The number of hydrogen-bond donors (Lipinski definition) is 4. The molecule has 0 radical (unpaired) electrons. The number of aromatic nitrogens is 4. The number of esters is 1. The molecular formula is C28H26Cl6N8O8S4. The Labute approximate surface area is 347 Å². The van der Waals surface area contributed by atoms with Gasteiger partial charge in [0.25, 0.3) is 31.8 Å². The van der Waals surface area contributed by atoms with Gasteiger partial charge in [-0.25, -0.2) is 36.8 Å². The molecule has 0 aliphatic rings. The van der Waals surface area contributed by atoms with Gasteiger partial charge in [-0.15, -0.1) is 23.5 Å². The number of methoxy groups -OCH3 is 2. The van der Waals surface area contributed by atoms with Crippen LogP contribution in [0.1, 0.15) is 0 Å². The highest BCUT2D eigenvalue weighted by Crippen LogP contribution is 2.36. The maximum Gasteiger partial charge on any atom is 0.323 e. The van der Waals surface area contributed by atoms with Gasteiger partial charge in [0.1, 0.15) is 32.5 Å². The van der Waals surface area contributed by atoms with E-state index in [-0.39, 0.29) is 91.7 Å². The summed E-state index contributed by atoms with van der Waals surface area (Å²) in [5.74, 6) is -1.81. The molecule has 0 saturated carbocycles.